The van der Waals surface area contributed by atoms with Crippen LogP contribution in [0.15, 0.2) is 48.9 Å². The normalized spacial score (nSPS) is 10.6. The largest absolute Gasteiger partial charge is 0.340 e. The van der Waals surface area contributed by atoms with Crippen molar-refractivity contribution in [3.8, 4) is 0 Å². The molecule has 0 bridgehead atoms. The molecule has 3 rings (SSSR count). The molecule has 0 aliphatic heterocycles. The highest BCUT2D eigenvalue weighted by Gasteiger charge is 2.15. The first kappa shape index (κ1) is 19.5. The Morgan fingerprint density at radius 2 is 1.71 bits per heavy atom. The topological polar surface area (TPSA) is 71.0 Å². The Morgan fingerprint density at radius 1 is 1.04 bits per heavy atom. The van der Waals surface area contributed by atoms with Crippen molar-refractivity contribution in [3.63, 3.8) is 0 Å². The third-order valence-electron chi connectivity index (χ3n) is 4.62. The van der Waals surface area contributed by atoms with E-state index in [0.717, 1.165) is 28.8 Å². The monoisotopic (exact) mass is 375 g/mol. The van der Waals surface area contributed by atoms with Crippen LogP contribution in [0.2, 0.25) is 0 Å². The highest BCUT2D eigenvalue weighted by Crippen LogP contribution is 2.24. The second-order valence-corrected chi connectivity index (χ2v) is 7.00. The fraction of sp³-hybridized carbons (Fsp3) is 0.273. The third-order valence-corrected chi connectivity index (χ3v) is 4.62. The third kappa shape index (κ3) is 4.71. The van der Waals surface area contributed by atoms with Crippen molar-refractivity contribution >= 4 is 17.5 Å². The molecule has 6 heteroatoms. The van der Waals surface area contributed by atoms with Gasteiger partial charge in [0, 0.05) is 37.9 Å². The number of rotatable bonds is 6. The summed E-state index contributed by atoms with van der Waals surface area (Å²) in [5.74, 6) is 0.292. The molecule has 0 aliphatic carbocycles. The van der Waals surface area contributed by atoms with Crippen molar-refractivity contribution in [1.82, 2.24) is 19.9 Å². The number of nitrogens with zero attached hydrogens (tertiary/aromatic N) is 4. The van der Waals surface area contributed by atoms with Crippen molar-refractivity contribution in [3.05, 3.63) is 76.9 Å². The number of hydrogen-bond donors (Lipinski definition) is 1. The maximum absolute atomic E-state index is 12.7. The zero-order chi connectivity index (χ0) is 20.1. The van der Waals surface area contributed by atoms with Crippen LogP contribution in [0.1, 0.15) is 32.7 Å². The van der Waals surface area contributed by atoms with Gasteiger partial charge in [-0.3, -0.25) is 9.78 Å². The predicted octanol–water partition coefficient (Wildman–Crippen LogP) is 3.86. The quantitative estimate of drug-likeness (QED) is 0.708. The zero-order valence-electron chi connectivity index (χ0n) is 16.7. The van der Waals surface area contributed by atoms with Gasteiger partial charge in [0.25, 0.3) is 5.91 Å². The Kier molecular flexibility index (Phi) is 5.99. The molecule has 1 N–H and O–H groups in total. The van der Waals surface area contributed by atoms with Crippen LogP contribution in [0.4, 0.5) is 11.6 Å². The van der Waals surface area contributed by atoms with Crippen LogP contribution in [0.25, 0.3) is 0 Å². The molecule has 144 valence electrons. The average molecular weight is 375 g/mol. The fourth-order valence-electron chi connectivity index (χ4n) is 3.17. The standard InChI is InChI=1S/C22H25N5O/c1-15-13-16(2)20(17(3)14-15)26-22-24-11-7-19(25-22)21(28)27(4)12-8-18-5-9-23-10-6-18/h5-7,9-11,13-14H,8,12H2,1-4H3,(H,24,25,26). The first-order chi connectivity index (χ1) is 13.4. The molecular formula is C22H25N5O. The van der Waals surface area contributed by atoms with Crippen LogP contribution in [-0.2, 0) is 6.42 Å². The first-order valence-corrected chi connectivity index (χ1v) is 9.26. The van der Waals surface area contributed by atoms with Gasteiger partial charge in [-0.25, -0.2) is 9.97 Å². The second-order valence-electron chi connectivity index (χ2n) is 7.00. The van der Waals surface area contributed by atoms with E-state index in [1.54, 1.807) is 36.6 Å². The molecule has 0 unspecified atom stereocenters. The van der Waals surface area contributed by atoms with Crippen LogP contribution in [-0.4, -0.2) is 39.4 Å². The average Bonchev–Trinajstić information content (AvgIpc) is 2.69. The van der Waals surface area contributed by atoms with Crippen LogP contribution >= 0.6 is 0 Å². The summed E-state index contributed by atoms with van der Waals surface area (Å²) in [5.41, 5.74) is 5.93. The molecule has 1 amide bonds. The molecule has 0 radical (unpaired) electrons. The van der Waals surface area contributed by atoms with Crippen molar-refractivity contribution in [2.24, 2.45) is 0 Å². The Labute approximate surface area is 165 Å². The van der Waals surface area contributed by atoms with E-state index in [-0.39, 0.29) is 5.91 Å². The lowest BCUT2D eigenvalue weighted by Gasteiger charge is -2.17. The Balaban J connectivity index is 1.71. The van der Waals surface area contributed by atoms with E-state index in [1.165, 1.54) is 5.56 Å². The van der Waals surface area contributed by atoms with Gasteiger partial charge >= 0.3 is 0 Å². The Hall–Kier alpha value is -3.28. The number of anilines is 2. The summed E-state index contributed by atoms with van der Waals surface area (Å²) in [6.07, 6.45) is 5.89. The molecule has 0 atom stereocenters. The lowest BCUT2D eigenvalue weighted by Crippen LogP contribution is -2.29. The molecule has 3 aromatic rings. The summed E-state index contributed by atoms with van der Waals surface area (Å²) in [4.78, 5) is 27.1. The van der Waals surface area contributed by atoms with Gasteiger partial charge in [0.1, 0.15) is 5.69 Å². The van der Waals surface area contributed by atoms with Crippen LogP contribution in [0.3, 0.4) is 0 Å². The minimum atomic E-state index is -0.128. The summed E-state index contributed by atoms with van der Waals surface area (Å²) in [5, 5.41) is 3.26. The van der Waals surface area contributed by atoms with Gasteiger partial charge < -0.3 is 10.2 Å². The number of benzene rings is 1. The van der Waals surface area contributed by atoms with Crippen LogP contribution in [0, 0.1) is 20.8 Å². The maximum Gasteiger partial charge on any atom is 0.272 e. The first-order valence-electron chi connectivity index (χ1n) is 9.26. The smallest absolute Gasteiger partial charge is 0.272 e. The summed E-state index contributed by atoms with van der Waals surface area (Å²) < 4.78 is 0. The zero-order valence-corrected chi connectivity index (χ0v) is 16.7. The lowest BCUT2D eigenvalue weighted by molar-refractivity contribution is 0.0791. The molecule has 1 aromatic carbocycles. The molecule has 0 fully saturated rings. The molecule has 0 saturated heterocycles. The number of amides is 1. The Bertz CT molecular complexity index is 949. The highest BCUT2D eigenvalue weighted by molar-refractivity contribution is 5.92. The van der Waals surface area contributed by atoms with Gasteiger partial charge in [0.05, 0.1) is 0 Å². The van der Waals surface area contributed by atoms with Gasteiger partial charge in [0.2, 0.25) is 5.95 Å². The van der Waals surface area contributed by atoms with E-state index in [0.29, 0.717) is 18.2 Å². The molecular weight excluding hydrogens is 350 g/mol. The fourth-order valence-corrected chi connectivity index (χ4v) is 3.17. The minimum absolute atomic E-state index is 0.128. The number of hydrogen-bond acceptors (Lipinski definition) is 5. The molecule has 0 saturated carbocycles. The van der Waals surface area contributed by atoms with Crippen LogP contribution in [0.5, 0.6) is 0 Å². The number of pyridine rings is 1. The van der Waals surface area contributed by atoms with Gasteiger partial charge in [-0.1, -0.05) is 17.7 Å². The Morgan fingerprint density at radius 3 is 2.39 bits per heavy atom. The van der Waals surface area contributed by atoms with E-state index in [9.17, 15) is 4.79 Å². The minimum Gasteiger partial charge on any atom is -0.340 e. The molecule has 6 nitrogen and oxygen atoms in total. The number of aromatic nitrogens is 3. The van der Waals surface area contributed by atoms with E-state index in [2.05, 4.69) is 39.3 Å². The second kappa shape index (κ2) is 8.61. The summed E-state index contributed by atoms with van der Waals surface area (Å²) >= 11 is 0. The summed E-state index contributed by atoms with van der Waals surface area (Å²) in [6, 6.07) is 9.77. The van der Waals surface area contributed by atoms with Gasteiger partial charge in [-0.2, -0.15) is 0 Å². The van der Waals surface area contributed by atoms with Crippen molar-refractivity contribution in [2.45, 2.75) is 27.2 Å². The van der Waals surface area contributed by atoms with E-state index in [4.69, 9.17) is 0 Å². The van der Waals surface area contributed by atoms with Gasteiger partial charge in [0.15, 0.2) is 0 Å². The predicted molar refractivity (Wildman–Crippen MR) is 111 cm³/mol. The summed E-state index contributed by atoms with van der Waals surface area (Å²) in [7, 11) is 1.78. The van der Waals surface area contributed by atoms with E-state index < -0.39 is 0 Å². The highest BCUT2D eigenvalue weighted by atomic mass is 16.2. The van der Waals surface area contributed by atoms with E-state index >= 15 is 0 Å². The van der Waals surface area contributed by atoms with Gasteiger partial charge in [-0.15, -0.1) is 0 Å². The molecule has 2 aromatic heterocycles. The number of carbonyl (C=O) groups is 1. The van der Waals surface area contributed by atoms with E-state index in [1.807, 2.05) is 26.0 Å². The SMILES string of the molecule is Cc1cc(C)c(Nc2nccc(C(=O)N(C)CCc3ccncc3)n2)c(C)c1. The molecule has 0 aliphatic rings. The number of aryl methyl sites for hydroxylation is 3. The molecule has 0 spiro atoms. The van der Waals surface area contributed by atoms with Crippen molar-refractivity contribution < 1.29 is 4.79 Å². The lowest BCUT2D eigenvalue weighted by atomic mass is 10.1. The van der Waals surface area contributed by atoms with Crippen molar-refractivity contribution in [2.75, 3.05) is 18.9 Å². The number of nitrogens with one attached hydrogen (secondary N) is 1. The maximum atomic E-state index is 12.7. The number of likely N-dealkylation sites (N-methyl/N-ethyl adjacent to an activating group) is 1. The molecule has 28 heavy (non-hydrogen) atoms. The summed E-state index contributed by atoms with van der Waals surface area (Å²) in [6.45, 7) is 6.77. The van der Waals surface area contributed by atoms with Crippen LogP contribution < -0.4 is 5.32 Å². The van der Waals surface area contributed by atoms with Gasteiger partial charge in [-0.05, 0) is 62.1 Å². The number of carbonyl (C=O) groups excluding carboxylic acids is 1. The van der Waals surface area contributed by atoms with Crippen molar-refractivity contribution in [1.29, 1.82) is 0 Å². The molecule has 2 heterocycles.